The Morgan fingerprint density at radius 1 is 1.19 bits per heavy atom. The van der Waals surface area contributed by atoms with Gasteiger partial charge in [-0.2, -0.15) is 0 Å². The summed E-state index contributed by atoms with van der Waals surface area (Å²) in [5.74, 6) is -0.0371. The summed E-state index contributed by atoms with van der Waals surface area (Å²) in [6.45, 7) is 2.30. The van der Waals surface area contributed by atoms with Crippen LogP contribution in [-0.2, 0) is 12.8 Å². The molecular weight excluding hydrogens is 289 g/mol. The summed E-state index contributed by atoms with van der Waals surface area (Å²) in [6.07, 6.45) is 1.84. The van der Waals surface area contributed by atoms with E-state index in [4.69, 9.17) is 16.3 Å². The first-order valence-electron chi connectivity index (χ1n) is 7.12. The van der Waals surface area contributed by atoms with Crippen molar-refractivity contribution in [3.63, 3.8) is 0 Å². The Hall–Kier alpha value is -1.74. The SMILES string of the molecule is CCOc1ccc(NC2Cc3ccc(Cl)cc3C2)cc1F. The summed E-state index contributed by atoms with van der Waals surface area (Å²) in [5, 5.41) is 4.14. The highest BCUT2D eigenvalue weighted by Gasteiger charge is 2.21. The van der Waals surface area contributed by atoms with Gasteiger partial charge in [0.05, 0.1) is 6.61 Å². The third-order valence-electron chi connectivity index (χ3n) is 3.70. The standard InChI is InChI=1S/C17H17ClFNO/c1-2-21-17-6-5-14(10-16(17)19)20-15-8-11-3-4-13(18)7-12(11)9-15/h3-7,10,15,20H,2,8-9H2,1H3. The molecule has 1 unspecified atom stereocenters. The summed E-state index contributed by atoms with van der Waals surface area (Å²) in [4.78, 5) is 0. The van der Waals surface area contributed by atoms with Crippen LogP contribution in [0, 0.1) is 5.82 Å². The molecule has 1 N–H and O–H groups in total. The van der Waals surface area contributed by atoms with Crippen molar-refractivity contribution in [2.75, 3.05) is 11.9 Å². The number of halogens is 2. The molecule has 0 fully saturated rings. The lowest BCUT2D eigenvalue weighted by Crippen LogP contribution is -2.19. The van der Waals surface area contributed by atoms with E-state index in [1.807, 2.05) is 25.1 Å². The molecule has 0 aliphatic heterocycles. The molecule has 4 heteroatoms. The first kappa shape index (κ1) is 14.2. The number of fused-ring (bicyclic) bond motifs is 1. The van der Waals surface area contributed by atoms with Crippen molar-refractivity contribution >= 4 is 17.3 Å². The lowest BCUT2D eigenvalue weighted by atomic mass is 10.1. The minimum absolute atomic E-state index is 0.274. The zero-order valence-electron chi connectivity index (χ0n) is 11.8. The van der Waals surface area contributed by atoms with E-state index in [9.17, 15) is 4.39 Å². The van der Waals surface area contributed by atoms with Gasteiger partial charge in [0.2, 0.25) is 0 Å². The third-order valence-corrected chi connectivity index (χ3v) is 3.94. The van der Waals surface area contributed by atoms with Gasteiger partial charge in [0, 0.05) is 22.8 Å². The summed E-state index contributed by atoms with van der Waals surface area (Å²) in [6, 6.07) is 11.3. The number of hydrogen-bond donors (Lipinski definition) is 1. The van der Waals surface area contributed by atoms with Crippen molar-refractivity contribution in [2.45, 2.75) is 25.8 Å². The van der Waals surface area contributed by atoms with Crippen molar-refractivity contribution < 1.29 is 9.13 Å². The fourth-order valence-electron chi connectivity index (χ4n) is 2.79. The van der Waals surface area contributed by atoms with Crippen LogP contribution in [0.25, 0.3) is 0 Å². The zero-order chi connectivity index (χ0) is 14.8. The fourth-order valence-corrected chi connectivity index (χ4v) is 2.98. The lowest BCUT2D eigenvalue weighted by Gasteiger charge is -2.14. The van der Waals surface area contributed by atoms with E-state index in [0.29, 0.717) is 12.4 Å². The minimum Gasteiger partial charge on any atom is -0.491 e. The second kappa shape index (κ2) is 5.94. The van der Waals surface area contributed by atoms with Crippen LogP contribution in [0.4, 0.5) is 10.1 Å². The van der Waals surface area contributed by atoms with E-state index in [1.165, 1.54) is 17.2 Å². The smallest absolute Gasteiger partial charge is 0.167 e. The molecule has 0 spiro atoms. The second-order valence-corrected chi connectivity index (χ2v) is 5.68. The molecule has 21 heavy (non-hydrogen) atoms. The normalized spacial score (nSPS) is 16.6. The zero-order valence-corrected chi connectivity index (χ0v) is 12.6. The van der Waals surface area contributed by atoms with E-state index in [2.05, 4.69) is 11.4 Å². The topological polar surface area (TPSA) is 21.3 Å². The first-order valence-corrected chi connectivity index (χ1v) is 7.49. The van der Waals surface area contributed by atoms with Gasteiger partial charge in [-0.05, 0) is 55.2 Å². The molecule has 0 saturated heterocycles. The van der Waals surface area contributed by atoms with E-state index in [-0.39, 0.29) is 11.9 Å². The van der Waals surface area contributed by atoms with Crippen LogP contribution in [0.3, 0.4) is 0 Å². The predicted molar refractivity (Wildman–Crippen MR) is 83.8 cm³/mol. The quantitative estimate of drug-likeness (QED) is 0.900. The number of nitrogens with one attached hydrogen (secondary N) is 1. The van der Waals surface area contributed by atoms with Gasteiger partial charge in [-0.15, -0.1) is 0 Å². The molecule has 0 bridgehead atoms. The molecule has 0 radical (unpaired) electrons. The first-order chi connectivity index (χ1) is 10.2. The monoisotopic (exact) mass is 305 g/mol. The minimum atomic E-state index is -0.333. The number of hydrogen-bond acceptors (Lipinski definition) is 2. The van der Waals surface area contributed by atoms with Crippen LogP contribution in [0.15, 0.2) is 36.4 Å². The maximum Gasteiger partial charge on any atom is 0.167 e. The van der Waals surface area contributed by atoms with Crippen LogP contribution in [0.2, 0.25) is 5.02 Å². The van der Waals surface area contributed by atoms with Crippen LogP contribution >= 0.6 is 11.6 Å². The Balaban J connectivity index is 1.70. The molecule has 1 atom stereocenters. The Bertz CT molecular complexity index is 659. The van der Waals surface area contributed by atoms with Crippen LogP contribution in [0.5, 0.6) is 5.75 Å². The Morgan fingerprint density at radius 2 is 2.00 bits per heavy atom. The maximum atomic E-state index is 13.8. The summed E-state index contributed by atoms with van der Waals surface area (Å²) in [7, 11) is 0. The van der Waals surface area contributed by atoms with E-state index >= 15 is 0 Å². The van der Waals surface area contributed by atoms with Crippen molar-refractivity contribution in [1.29, 1.82) is 0 Å². The largest absolute Gasteiger partial charge is 0.491 e. The highest BCUT2D eigenvalue weighted by Crippen LogP contribution is 2.28. The molecule has 1 aliphatic carbocycles. The van der Waals surface area contributed by atoms with Gasteiger partial charge < -0.3 is 10.1 Å². The molecule has 3 rings (SSSR count). The number of ether oxygens (including phenoxy) is 1. The van der Waals surface area contributed by atoms with Crippen LogP contribution in [0.1, 0.15) is 18.1 Å². The second-order valence-electron chi connectivity index (χ2n) is 5.24. The van der Waals surface area contributed by atoms with Gasteiger partial charge in [-0.1, -0.05) is 17.7 Å². The van der Waals surface area contributed by atoms with Gasteiger partial charge in [0.15, 0.2) is 11.6 Å². The molecule has 2 nitrogen and oxygen atoms in total. The Labute approximate surface area is 128 Å². The summed E-state index contributed by atoms with van der Waals surface area (Å²) < 4.78 is 19.1. The molecule has 0 saturated carbocycles. The molecule has 2 aromatic carbocycles. The van der Waals surface area contributed by atoms with E-state index in [0.717, 1.165) is 23.6 Å². The Morgan fingerprint density at radius 3 is 2.76 bits per heavy atom. The summed E-state index contributed by atoms with van der Waals surface area (Å²) in [5.41, 5.74) is 3.36. The lowest BCUT2D eigenvalue weighted by molar-refractivity contribution is 0.321. The molecule has 2 aromatic rings. The van der Waals surface area contributed by atoms with Gasteiger partial charge in [0.25, 0.3) is 0 Å². The number of benzene rings is 2. The van der Waals surface area contributed by atoms with Crippen molar-refractivity contribution in [3.05, 3.63) is 58.4 Å². The van der Waals surface area contributed by atoms with E-state index < -0.39 is 0 Å². The van der Waals surface area contributed by atoms with Gasteiger partial charge in [-0.25, -0.2) is 4.39 Å². The van der Waals surface area contributed by atoms with Gasteiger partial charge in [-0.3, -0.25) is 0 Å². The average molecular weight is 306 g/mol. The molecule has 0 aromatic heterocycles. The number of anilines is 1. The third kappa shape index (κ3) is 3.13. The van der Waals surface area contributed by atoms with Crippen molar-refractivity contribution in [1.82, 2.24) is 0 Å². The van der Waals surface area contributed by atoms with E-state index in [1.54, 1.807) is 6.07 Å². The molecule has 0 amide bonds. The number of rotatable bonds is 4. The highest BCUT2D eigenvalue weighted by atomic mass is 35.5. The average Bonchev–Trinajstić information content (AvgIpc) is 2.83. The Kier molecular flexibility index (Phi) is 4.02. The molecular formula is C17H17ClFNO. The fraction of sp³-hybridized carbons (Fsp3) is 0.294. The summed E-state index contributed by atoms with van der Waals surface area (Å²) >= 11 is 6.02. The maximum absolute atomic E-state index is 13.8. The van der Waals surface area contributed by atoms with Gasteiger partial charge >= 0.3 is 0 Å². The molecule has 1 aliphatic rings. The molecule has 0 heterocycles. The van der Waals surface area contributed by atoms with Crippen LogP contribution < -0.4 is 10.1 Å². The van der Waals surface area contributed by atoms with Crippen molar-refractivity contribution in [2.24, 2.45) is 0 Å². The van der Waals surface area contributed by atoms with Crippen LogP contribution in [-0.4, -0.2) is 12.6 Å². The molecule has 110 valence electrons. The van der Waals surface area contributed by atoms with Crippen molar-refractivity contribution in [3.8, 4) is 5.75 Å². The van der Waals surface area contributed by atoms with Gasteiger partial charge in [0.1, 0.15) is 0 Å². The highest BCUT2D eigenvalue weighted by molar-refractivity contribution is 6.30. The predicted octanol–water partition coefficient (Wildman–Crippen LogP) is 4.46.